The van der Waals surface area contributed by atoms with Gasteiger partial charge in [-0.1, -0.05) is 99.3 Å². The Morgan fingerprint density at radius 2 is 1.54 bits per heavy atom. The molecule has 0 radical (unpaired) electrons. The van der Waals surface area contributed by atoms with E-state index in [1.165, 1.54) is 0 Å². The molecule has 3 aromatic carbocycles. The molecule has 8 heteroatoms. The van der Waals surface area contributed by atoms with E-state index in [2.05, 4.69) is 25.7 Å². The highest BCUT2D eigenvalue weighted by molar-refractivity contribution is 5.91. The molecule has 0 bridgehead atoms. The summed E-state index contributed by atoms with van der Waals surface area (Å²) in [4.78, 5) is 30.6. The summed E-state index contributed by atoms with van der Waals surface area (Å²) in [6, 6.07) is 28.8. The number of rotatable bonds is 8. The fourth-order valence-electron chi connectivity index (χ4n) is 5.27. The first-order chi connectivity index (χ1) is 19.8. The predicted molar refractivity (Wildman–Crippen MR) is 161 cm³/mol. The average molecular weight is 556 g/mol. The van der Waals surface area contributed by atoms with Crippen molar-refractivity contribution in [1.29, 1.82) is 0 Å². The SMILES string of the molecule is C=C(NCc1ccc(OC)cc1)N1C2CN(CC(C)C)C(=O)[C@H](c3ccccc3)N2C(=O)CN1C.c1ccccc1. The van der Waals surface area contributed by atoms with Crippen LogP contribution in [-0.4, -0.2) is 71.6 Å². The van der Waals surface area contributed by atoms with Crippen LogP contribution in [-0.2, 0) is 16.1 Å². The van der Waals surface area contributed by atoms with Gasteiger partial charge in [-0.25, -0.2) is 5.01 Å². The van der Waals surface area contributed by atoms with Gasteiger partial charge in [-0.3, -0.25) is 14.6 Å². The van der Waals surface area contributed by atoms with Crippen LogP contribution < -0.4 is 10.1 Å². The summed E-state index contributed by atoms with van der Waals surface area (Å²) in [7, 11) is 3.53. The number of amides is 2. The molecule has 0 saturated carbocycles. The first kappa shape index (κ1) is 29.7. The summed E-state index contributed by atoms with van der Waals surface area (Å²) in [5.74, 6) is 1.70. The van der Waals surface area contributed by atoms with Gasteiger partial charge in [0.15, 0.2) is 0 Å². The summed E-state index contributed by atoms with van der Waals surface area (Å²) < 4.78 is 5.24. The number of piperazine rings is 1. The average Bonchev–Trinajstić information content (AvgIpc) is 2.98. The second-order valence-corrected chi connectivity index (χ2v) is 10.7. The van der Waals surface area contributed by atoms with E-state index in [9.17, 15) is 9.59 Å². The lowest BCUT2D eigenvalue weighted by Crippen LogP contribution is -2.72. The van der Waals surface area contributed by atoms with Gasteiger partial charge in [-0.15, -0.1) is 0 Å². The Kier molecular flexibility index (Phi) is 10.0. The fourth-order valence-corrected chi connectivity index (χ4v) is 5.27. The fraction of sp³-hybridized carbons (Fsp3) is 0.333. The Labute approximate surface area is 243 Å². The molecule has 216 valence electrons. The molecule has 41 heavy (non-hydrogen) atoms. The van der Waals surface area contributed by atoms with Crippen LogP contribution >= 0.6 is 0 Å². The second-order valence-electron chi connectivity index (χ2n) is 10.7. The van der Waals surface area contributed by atoms with Crippen molar-refractivity contribution in [3.63, 3.8) is 0 Å². The van der Waals surface area contributed by atoms with Gasteiger partial charge >= 0.3 is 0 Å². The number of carbonyl (C=O) groups excluding carboxylic acids is 2. The summed E-state index contributed by atoms with van der Waals surface area (Å²) in [6.45, 7) is 10.3. The van der Waals surface area contributed by atoms with E-state index in [1.807, 2.05) is 113 Å². The molecule has 1 N–H and O–H groups in total. The van der Waals surface area contributed by atoms with Gasteiger partial charge < -0.3 is 19.9 Å². The highest BCUT2D eigenvalue weighted by Crippen LogP contribution is 2.35. The second kappa shape index (κ2) is 13.9. The molecule has 0 spiro atoms. The molecule has 2 amide bonds. The minimum absolute atomic E-state index is 0.0317. The van der Waals surface area contributed by atoms with E-state index < -0.39 is 6.04 Å². The number of hydrogen-bond acceptors (Lipinski definition) is 6. The predicted octanol–water partition coefficient (Wildman–Crippen LogP) is 4.50. The third kappa shape index (κ3) is 7.27. The van der Waals surface area contributed by atoms with Gasteiger partial charge in [-0.2, -0.15) is 0 Å². The Balaban J connectivity index is 0.000000572. The van der Waals surface area contributed by atoms with E-state index in [0.29, 0.717) is 31.4 Å². The summed E-state index contributed by atoms with van der Waals surface area (Å²) in [6.07, 6.45) is -0.362. The lowest BCUT2D eigenvalue weighted by Gasteiger charge is -2.56. The number of hydrazine groups is 1. The zero-order valence-electron chi connectivity index (χ0n) is 24.4. The quantitative estimate of drug-likeness (QED) is 0.442. The van der Waals surface area contributed by atoms with Gasteiger partial charge in [-0.05, 0) is 29.2 Å². The Morgan fingerprint density at radius 1 is 0.951 bits per heavy atom. The topological polar surface area (TPSA) is 68.4 Å². The van der Waals surface area contributed by atoms with Crippen LogP contribution in [0.15, 0.2) is 103 Å². The highest BCUT2D eigenvalue weighted by Gasteiger charge is 2.50. The third-order valence-electron chi connectivity index (χ3n) is 7.13. The van der Waals surface area contributed by atoms with Gasteiger partial charge in [0.25, 0.3) is 0 Å². The maximum atomic E-state index is 13.6. The number of hydrogen-bond donors (Lipinski definition) is 1. The smallest absolute Gasteiger partial charge is 0.250 e. The number of benzene rings is 3. The Morgan fingerprint density at radius 3 is 2.10 bits per heavy atom. The minimum Gasteiger partial charge on any atom is -0.497 e. The van der Waals surface area contributed by atoms with Gasteiger partial charge in [0.2, 0.25) is 11.8 Å². The lowest BCUT2D eigenvalue weighted by molar-refractivity contribution is -0.193. The highest BCUT2D eigenvalue weighted by atomic mass is 16.5. The molecular formula is C33H41N5O3. The molecular weight excluding hydrogens is 514 g/mol. The number of nitrogens with one attached hydrogen (secondary N) is 1. The molecule has 5 rings (SSSR count). The normalized spacial score (nSPS) is 18.9. The molecule has 2 heterocycles. The third-order valence-corrected chi connectivity index (χ3v) is 7.13. The summed E-state index contributed by atoms with van der Waals surface area (Å²) in [5, 5.41) is 7.32. The van der Waals surface area contributed by atoms with Crippen molar-refractivity contribution in [2.75, 3.05) is 33.8 Å². The van der Waals surface area contributed by atoms with Crippen LogP contribution in [0.2, 0.25) is 0 Å². The molecule has 0 aliphatic carbocycles. The molecule has 0 aromatic heterocycles. The number of nitrogens with zero attached hydrogens (tertiary/aromatic N) is 4. The molecule has 1 unspecified atom stereocenters. The minimum atomic E-state index is -0.660. The zero-order valence-corrected chi connectivity index (χ0v) is 24.4. The zero-order chi connectivity index (χ0) is 29.4. The lowest BCUT2D eigenvalue weighted by atomic mass is 9.98. The van der Waals surface area contributed by atoms with Crippen LogP contribution in [0.5, 0.6) is 5.75 Å². The number of ether oxygens (including phenoxy) is 1. The summed E-state index contributed by atoms with van der Waals surface area (Å²) in [5.41, 5.74) is 1.91. The van der Waals surface area contributed by atoms with Crippen molar-refractivity contribution >= 4 is 11.8 Å². The van der Waals surface area contributed by atoms with Crippen LogP contribution in [0.3, 0.4) is 0 Å². The molecule has 2 aliphatic rings. The van der Waals surface area contributed by atoms with Crippen molar-refractivity contribution in [2.45, 2.75) is 32.6 Å². The van der Waals surface area contributed by atoms with Gasteiger partial charge in [0, 0.05) is 20.1 Å². The van der Waals surface area contributed by atoms with Gasteiger partial charge in [0.1, 0.15) is 23.8 Å². The van der Waals surface area contributed by atoms with E-state index in [-0.39, 0.29) is 24.5 Å². The van der Waals surface area contributed by atoms with E-state index in [4.69, 9.17) is 4.74 Å². The van der Waals surface area contributed by atoms with E-state index in [1.54, 1.807) is 12.0 Å². The number of methoxy groups -OCH3 is 1. The molecule has 8 nitrogen and oxygen atoms in total. The molecule has 2 fully saturated rings. The van der Waals surface area contributed by atoms with Gasteiger partial charge in [0.05, 0.1) is 20.2 Å². The van der Waals surface area contributed by atoms with Crippen LogP contribution in [0.25, 0.3) is 0 Å². The largest absolute Gasteiger partial charge is 0.497 e. The van der Waals surface area contributed by atoms with E-state index >= 15 is 0 Å². The van der Waals surface area contributed by atoms with Crippen molar-refractivity contribution in [1.82, 2.24) is 25.1 Å². The van der Waals surface area contributed by atoms with Crippen LogP contribution in [0, 0.1) is 5.92 Å². The molecule has 2 saturated heterocycles. The van der Waals surface area contributed by atoms with Crippen molar-refractivity contribution in [3.05, 3.63) is 115 Å². The Bertz CT molecular complexity index is 1260. The molecule has 2 atom stereocenters. The number of carbonyl (C=O) groups is 2. The standard InChI is InChI=1S/C27H35N5O3.C6H6/c1-19(2)16-30-17-24-31(26(27(30)34)22-9-7-6-8-10-22)25(33)18-29(4)32(24)20(3)28-15-21-11-13-23(35-5)14-12-21;1-2-4-6-5-3-1/h6-14,19,24,26,28H,3,15-18H2,1-2,4-5H3;1-6H/t24?,26-;/m0./s1. The van der Waals surface area contributed by atoms with Crippen LogP contribution in [0.4, 0.5) is 0 Å². The molecule has 2 aliphatic heterocycles. The van der Waals surface area contributed by atoms with Crippen molar-refractivity contribution < 1.29 is 14.3 Å². The number of likely N-dealkylation sites (N-methyl/N-ethyl adjacent to an activating group) is 1. The Hall–Kier alpha value is -4.30. The van der Waals surface area contributed by atoms with Crippen LogP contribution in [0.1, 0.15) is 31.0 Å². The van der Waals surface area contributed by atoms with Crippen molar-refractivity contribution in [3.8, 4) is 5.75 Å². The first-order valence-electron chi connectivity index (χ1n) is 14.0. The monoisotopic (exact) mass is 555 g/mol. The van der Waals surface area contributed by atoms with E-state index in [0.717, 1.165) is 16.9 Å². The summed E-state index contributed by atoms with van der Waals surface area (Å²) >= 11 is 0. The number of fused-ring (bicyclic) bond motifs is 1. The maximum Gasteiger partial charge on any atom is 0.250 e. The maximum absolute atomic E-state index is 13.6. The molecule has 3 aromatic rings. The van der Waals surface area contributed by atoms with Crippen molar-refractivity contribution in [2.24, 2.45) is 5.92 Å². The first-order valence-corrected chi connectivity index (χ1v) is 14.0.